The summed E-state index contributed by atoms with van der Waals surface area (Å²) in [5.74, 6) is 1.44. The third kappa shape index (κ3) is 2.58. The number of hydrogen-bond donors (Lipinski definition) is 0. The molecule has 0 bridgehead atoms. The van der Waals surface area contributed by atoms with Crippen LogP contribution in [0, 0.1) is 23.6 Å². The minimum atomic E-state index is -0.329. The van der Waals surface area contributed by atoms with Crippen LogP contribution in [0.3, 0.4) is 0 Å². The van der Waals surface area contributed by atoms with E-state index in [-0.39, 0.29) is 11.7 Å². The van der Waals surface area contributed by atoms with Crippen molar-refractivity contribution < 1.29 is 13.6 Å². The minimum Gasteiger partial charge on any atom is -0.423 e. The van der Waals surface area contributed by atoms with Crippen molar-refractivity contribution in [3.8, 4) is 0 Å². The van der Waals surface area contributed by atoms with E-state index in [9.17, 15) is 9.18 Å². The molecule has 3 aliphatic rings. The second kappa shape index (κ2) is 5.71. The number of halogens is 1. The van der Waals surface area contributed by atoms with Gasteiger partial charge in [0.05, 0.1) is 5.92 Å². The lowest BCUT2D eigenvalue weighted by molar-refractivity contribution is -0.134. The van der Waals surface area contributed by atoms with Gasteiger partial charge in [-0.2, -0.15) is 4.98 Å². The monoisotopic (exact) mass is 343 g/mol. The number of hydrogen-bond acceptors (Lipinski definition) is 4. The van der Waals surface area contributed by atoms with Crippen molar-refractivity contribution in [1.29, 1.82) is 0 Å². The predicted octanol–water partition coefficient (Wildman–Crippen LogP) is 3.05. The molecular formula is C19H22FN3O2. The van der Waals surface area contributed by atoms with Gasteiger partial charge >= 0.3 is 0 Å². The van der Waals surface area contributed by atoms with Crippen LogP contribution in [-0.2, 0) is 4.79 Å². The van der Waals surface area contributed by atoms with Crippen LogP contribution in [0.4, 0.5) is 10.4 Å². The summed E-state index contributed by atoms with van der Waals surface area (Å²) in [6.07, 6.45) is 4.72. The Balaban J connectivity index is 1.28. The van der Waals surface area contributed by atoms with Crippen molar-refractivity contribution in [2.75, 3.05) is 31.1 Å². The highest BCUT2D eigenvalue weighted by molar-refractivity contribution is 5.81. The Morgan fingerprint density at radius 1 is 1.16 bits per heavy atom. The molecule has 1 aromatic heterocycles. The standard InChI is InChI=1S/C19H22FN3O2/c20-15-4-5-16-17(8-15)25-19(21-16)22-7-6-14(11-22)18(24)23-9-12-2-1-3-13(12)10-23/h4-5,8,12-14H,1-3,6-7,9-11H2. The van der Waals surface area contributed by atoms with Crippen LogP contribution in [0.25, 0.3) is 11.1 Å². The van der Waals surface area contributed by atoms with Crippen molar-refractivity contribution >= 4 is 23.0 Å². The Bertz CT molecular complexity index is 808. The van der Waals surface area contributed by atoms with Gasteiger partial charge in [0.15, 0.2) is 5.58 Å². The van der Waals surface area contributed by atoms with E-state index in [2.05, 4.69) is 9.88 Å². The van der Waals surface area contributed by atoms with Crippen LogP contribution in [-0.4, -0.2) is 42.0 Å². The van der Waals surface area contributed by atoms with Gasteiger partial charge < -0.3 is 14.2 Å². The summed E-state index contributed by atoms with van der Waals surface area (Å²) in [5.41, 5.74) is 1.11. The zero-order chi connectivity index (χ0) is 17.0. The SMILES string of the molecule is O=C(C1CCN(c2nc3ccc(F)cc3o2)C1)N1CC2CCCC2C1. The van der Waals surface area contributed by atoms with Gasteiger partial charge in [-0.1, -0.05) is 6.42 Å². The summed E-state index contributed by atoms with van der Waals surface area (Å²) in [4.78, 5) is 21.4. The first-order chi connectivity index (χ1) is 12.2. The highest BCUT2D eigenvalue weighted by Gasteiger charge is 2.41. The Morgan fingerprint density at radius 2 is 1.96 bits per heavy atom. The topological polar surface area (TPSA) is 49.6 Å². The number of rotatable bonds is 2. The number of fused-ring (bicyclic) bond motifs is 2. The van der Waals surface area contributed by atoms with E-state index in [0.29, 0.717) is 29.6 Å². The fourth-order valence-electron chi connectivity index (χ4n) is 4.83. The van der Waals surface area contributed by atoms with E-state index in [1.54, 1.807) is 6.07 Å². The number of likely N-dealkylation sites (tertiary alicyclic amines) is 1. The molecular weight excluding hydrogens is 321 g/mol. The lowest BCUT2D eigenvalue weighted by Gasteiger charge is -2.21. The number of oxazole rings is 1. The Labute approximate surface area is 145 Å². The number of anilines is 1. The molecule has 0 spiro atoms. The summed E-state index contributed by atoms with van der Waals surface area (Å²) in [6.45, 7) is 3.29. The fraction of sp³-hybridized carbons (Fsp3) is 0.579. The van der Waals surface area contributed by atoms with Crippen molar-refractivity contribution in [2.45, 2.75) is 25.7 Å². The smallest absolute Gasteiger partial charge is 0.298 e. The summed E-state index contributed by atoms with van der Waals surface area (Å²) in [5, 5.41) is 0. The minimum absolute atomic E-state index is 0.0191. The van der Waals surface area contributed by atoms with Crippen molar-refractivity contribution in [2.24, 2.45) is 17.8 Å². The van der Waals surface area contributed by atoms with Gasteiger partial charge in [0, 0.05) is 32.2 Å². The van der Waals surface area contributed by atoms with Gasteiger partial charge in [0.2, 0.25) is 5.91 Å². The summed E-state index contributed by atoms with van der Waals surface area (Å²) < 4.78 is 19.0. The van der Waals surface area contributed by atoms with E-state index in [4.69, 9.17) is 4.42 Å². The van der Waals surface area contributed by atoms with E-state index in [1.165, 1.54) is 31.4 Å². The molecule has 3 atom stereocenters. The zero-order valence-electron chi connectivity index (χ0n) is 14.2. The first-order valence-corrected chi connectivity index (χ1v) is 9.27. The van der Waals surface area contributed by atoms with E-state index >= 15 is 0 Å². The number of carbonyl (C=O) groups excluding carboxylic acids is 1. The van der Waals surface area contributed by atoms with Crippen molar-refractivity contribution in [1.82, 2.24) is 9.88 Å². The summed E-state index contributed by atoms with van der Waals surface area (Å²) in [7, 11) is 0. The molecule has 1 amide bonds. The molecule has 2 aromatic rings. The fourth-order valence-corrected chi connectivity index (χ4v) is 4.83. The molecule has 25 heavy (non-hydrogen) atoms. The van der Waals surface area contributed by atoms with Crippen LogP contribution in [0.5, 0.6) is 0 Å². The van der Waals surface area contributed by atoms with E-state index in [1.807, 2.05) is 4.90 Å². The first kappa shape index (κ1) is 15.2. The molecule has 132 valence electrons. The van der Waals surface area contributed by atoms with Crippen LogP contribution < -0.4 is 4.90 Å². The lowest BCUT2D eigenvalue weighted by Crippen LogP contribution is -2.36. The first-order valence-electron chi connectivity index (χ1n) is 9.27. The normalized spacial score (nSPS) is 28.9. The molecule has 0 N–H and O–H groups in total. The van der Waals surface area contributed by atoms with Gasteiger partial charge in [-0.25, -0.2) is 4.39 Å². The molecule has 1 aliphatic carbocycles. The van der Waals surface area contributed by atoms with E-state index < -0.39 is 0 Å². The lowest BCUT2D eigenvalue weighted by atomic mass is 10.0. The molecule has 3 heterocycles. The van der Waals surface area contributed by atoms with Crippen molar-refractivity contribution in [3.63, 3.8) is 0 Å². The highest BCUT2D eigenvalue weighted by Crippen LogP contribution is 2.39. The Kier molecular flexibility index (Phi) is 3.47. The molecule has 3 unspecified atom stereocenters. The van der Waals surface area contributed by atoms with Crippen molar-refractivity contribution in [3.05, 3.63) is 24.0 Å². The molecule has 1 saturated carbocycles. The maximum atomic E-state index is 13.3. The third-order valence-corrected chi connectivity index (χ3v) is 6.19. The highest BCUT2D eigenvalue weighted by atomic mass is 19.1. The quantitative estimate of drug-likeness (QED) is 0.841. The maximum absolute atomic E-state index is 13.3. The largest absolute Gasteiger partial charge is 0.423 e. The van der Waals surface area contributed by atoms with Gasteiger partial charge in [0.1, 0.15) is 11.3 Å². The average Bonchev–Trinajstić information content (AvgIpc) is 3.34. The Hall–Kier alpha value is -2.11. The van der Waals surface area contributed by atoms with E-state index in [0.717, 1.165) is 37.9 Å². The molecule has 3 fully saturated rings. The molecule has 2 saturated heterocycles. The van der Waals surface area contributed by atoms with Gasteiger partial charge in [-0.15, -0.1) is 0 Å². The second-order valence-electron chi connectivity index (χ2n) is 7.73. The number of nitrogens with zero attached hydrogens (tertiary/aromatic N) is 3. The number of benzene rings is 1. The van der Waals surface area contributed by atoms with Gasteiger partial charge in [-0.05, 0) is 43.2 Å². The summed E-state index contributed by atoms with van der Waals surface area (Å²) in [6, 6.07) is 4.86. The zero-order valence-corrected chi connectivity index (χ0v) is 14.2. The number of amides is 1. The van der Waals surface area contributed by atoms with Crippen LogP contribution >= 0.6 is 0 Å². The average molecular weight is 343 g/mol. The molecule has 6 heteroatoms. The Morgan fingerprint density at radius 3 is 2.76 bits per heavy atom. The van der Waals surface area contributed by atoms with Gasteiger partial charge in [0.25, 0.3) is 6.01 Å². The molecule has 5 rings (SSSR count). The number of carbonyl (C=O) groups is 1. The number of aromatic nitrogens is 1. The molecule has 2 aliphatic heterocycles. The summed E-state index contributed by atoms with van der Waals surface area (Å²) >= 11 is 0. The molecule has 1 aromatic carbocycles. The maximum Gasteiger partial charge on any atom is 0.298 e. The third-order valence-electron chi connectivity index (χ3n) is 6.19. The van der Waals surface area contributed by atoms with Crippen LogP contribution in [0.1, 0.15) is 25.7 Å². The van der Waals surface area contributed by atoms with Crippen LogP contribution in [0.2, 0.25) is 0 Å². The van der Waals surface area contributed by atoms with Crippen LogP contribution in [0.15, 0.2) is 22.6 Å². The van der Waals surface area contributed by atoms with Gasteiger partial charge in [-0.3, -0.25) is 4.79 Å². The second-order valence-corrected chi connectivity index (χ2v) is 7.73. The molecule has 5 nitrogen and oxygen atoms in total. The molecule has 0 radical (unpaired) electrons. The predicted molar refractivity (Wildman–Crippen MR) is 91.7 cm³/mol.